The maximum absolute atomic E-state index is 13.3. The van der Waals surface area contributed by atoms with E-state index in [2.05, 4.69) is 5.32 Å². The van der Waals surface area contributed by atoms with Crippen LogP contribution in [0.2, 0.25) is 5.02 Å². The zero-order valence-corrected chi connectivity index (χ0v) is 18.2. The first-order valence-corrected chi connectivity index (χ1v) is 10.8. The molecule has 0 spiro atoms. The highest BCUT2D eigenvalue weighted by Gasteiger charge is 2.17. The largest absolute Gasteiger partial charge is 0.467 e. The summed E-state index contributed by atoms with van der Waals surface area (Å²) in [6.07, 6.45) is 3.21. The first-order valence-electron chi connectivity index (χ1n) is 9.56. The van der Waals surface area contributed by atoms with Crippen LogP contribution in [-0.4, -0.2) is 10.5 Å². The first-order chi connectivity index (χ1) is 15.6. The second-order valence-corrected chi connectivity index (χ2v) is 8.16. The molecule has 158 valence electrons. The van der Waals surface area contributed by atoms with E-state index in [0.717, 1.165) is 16.9 Å². The van der Waals surface area contributed by atoms with Crippen LogP contribution >= 0.6 is 22.9 Å². The van der Waals surface area contributed by atoms with Gasteiger partial charge in [-0.05, 0) is 48.0 Å². The minimum atomic E-state index is -0.590. The summed E-state index contributed by atoms with van der Waals surface area (Å²) < 4.78 is 7.24. The third-order valence-corrected chi connectivity index (χ3v) is 5.91. The van der Waals surface area contributed by atoms with Crippen molar-refractivity contribution in [2.75, 3.05) is 0 Å². The molecule has 0 aliphatic carbocycles. The summed E-state index contributed by atoms with van der Waals surface area (Å²) in [6.45, 7) is 0.127. The zero-order chi connectivity index (χ0) is 22.5. The minimum Gasteiger partial charge on any atom is -0.467 e. The van der Waals surface area contributed by atoms with Crippen molar-refractivity contribution in [2.24, 2.45) is 0 Å². The molecule has 0 saturated heterocycles. The standard InChI is InChI=1S/C24H16ClN3O3S/c25-17-10-8-16(9-11-17)13-21-23(30)28(18-5-2-1-3-6-18)24(32-21)20(14-26)22(29)27-15-19-7-4-12-31-19/h1-13H,15H2,(H,27,29)/b21-13-,24-20-. The van der Waals surface area contributed by atoms with E-state index in [1.54, 1.807) is 66.7 Å². The molecular formula is C24H16ClN3O3S. The molecule has 1 N–H and O–H groups in total. The molecule has 2 aromatic carbocycles. The number of carbonyl (C=O) groups is 1. The maximum atomic E-state index is 13.3. The number of benzene rings is 2. The Morgan fingerprint density at radius 2 is 1.88 bits per heavy atom. The molecular weight excluding hydrogens is 446 g/mol. The van der Waals surface area contributed by atoms with Crippen molar-refractivity contribution in [3.63, 3.8) is 0 Å². The summed E-state index contributed by atoms with van der Waals surface area (Å²) in [5.41, 5.74) is 0.863. The molecule has 0 saturated carbocycles. The molecule has 0 bridgehead atoms. The Kier molecular flexibility index (Phi) is 6.36. The number of amides is 1. The highest BCUT2D eigenvalue weighted by Crippen LogP contribution is 2.10. The van der Waals surface area contributed by atoms with Gasteiger partial charge in [0.1, 0.15) is 16.5 Å². The average molecular weight is 462 g/mol. The Hall–Kier alpha value is -3.86. The second kappa shape index (κ2) is 9.52. The van der Waals surface area contributed by atoms with Gasteiger partial charge in [-0.15, -0.1) is 11.3 Å². The van der Waals surface area contributed by atoms with Crippen molar-refractivity contribution < 1.29 is 9.21 Å². The topological polar surface area (TPSA) is 88.0 Å². The van der Waals surface area contributed by atoms with Gasteiger partial charge in [-0.2, -0.15) is 5.26 Å². The normalized spacial score (nSPS) is 12.3. The van der Waals surface area contributed by atoms with Crippen molar-refractivity contribution in [1.82, 2.24) is 9.88 Å². The monoisotopic (exact) mass is 461 g/mol. The number of hydrogen-bond donors (Lipinski definition) is 1. The lowest BCUT2D eigenvalue weighted by Gasteiger charge is -2.04. The van der Waals surface area contributed by atoms with Crippen LogP contribution in [0.5, 0.6) is 0 Å². The number of hydrogen-bond acceptors (Lipinski definition) is 5. The summed E-state index contributed by atoms with van der Waals surface area (Å²) in [7, 11) is 0. The number of nitriles is 1. The van der Waals surface area contributed by atoms with Crippen molar-refractivity contribution >= 4 is 40.5 Å². The molecule has 8 heteroatoms. The van der Waals surface area contributed by atoms with Gasteiger partial charge in [0.2, 0.25) is 0 Å². The van der Waals surface area contributed by atoms with Crippen LogP contribution in [0.25, 0.3) is 17.3 Å². The Morgan fingerprint density at radius 1 is 1.12 bits per heavy atom. The summed E-state index contributed by atoms with van der Waals surface area (Å²) in [5.74, 6) is -0.0353. The van der Waals surface area contributed by atoms with Crippen molar-refractivity contribution in [3.8, 4) is 11.8 Å². The van der Waals surface area contributed by atoms with E-state index in [0.29, 0.717) is 21.0 Å². The van der Waals surface area contributed by atoms with E-state index in [-0.39, 0.29) is 22.3 Å². The van der Waals surface area contributed by atoms with E-state index in [1.807, 2.05) is 12.1 Å². The summed E-state index contributed by atoms with van der Waals surface area (Å²) in [4.78, 5) is 26.1. The Labute approximate surface area is 191 Å². The molecule has 2 heterocycles. The molecule has 4 rings (SSSR count). The molecule has 0 radical (unpaired) electrons. The minimum absolute atomic E-state index is 0.127. The van der Waals surface area contributed by atoms with Crippen LogP contribution in [0.4, 0.5) is 0 Å². The van der Waals surface area contributed by atoms with Crippen LogP contribution in [0.1, 0.15) is 11.3 Å². The molecule has 2 aromatic heterocycles. The van der Waals surface area contributed by atoms with Crippen molar-refractivity contribution in [2.45, 2.75) is 6.54 Å². The lowest BCUT2D eigenvalue weighted by Crippen LogP contribution is -2.33. The predicted molar refractivity (Wildman–Crippen MR) is 124 cm³/mol. The third kappa shape index (κ3) is 4.57. The van der Waals surface area contributed by atoms with Gasteiger partial charge >= 0.3 is 0 Å². The maximum Gasteiger partial charge on any atom is 0.273 e. The quantitative estimate of drug-likeness (QED) is 0.495. The SMILES string of the molecule is N#C/C(C(=O)NCc1ccco1)=c1/s/c(=C\c2ccc(Cl)cc2)c(=O)n1-c1ccccc1. The van der Waals surface area contributed by atoms with Gasteiger partial charge in [0.15, 0.2) is 5.57 Å². The number of aromatic nitrogens is 1. The van der Waals surface area contributed by atoms with Crippen molar-refractivity contribution in [3.05, 3.63) is 109 Å². The molecule has 6 nitrogen and oxygen atoms in total. The molecule has 0 unspecified atom stereocenters. The van der Waals surface area contributed by atoms with Crippen LogP contribution in [-0.2, 0) is 11.3 Å². The molecule has 1 amide bonds. The number of carbonyl (C=O) groups excluding carboxylic acids is 1. The molecule has 4 aromatic rings. The van der Waals surface area contributed by atoms with E-state index >= 15 is 0 Å². The van der Waals surface area contributed by atoms with Crippen LogP contribution in [0, 0.1) is 11.3 Å². The van der Waals surface area contributed by atoms with E-state index in [4.69, 9.17) is 16.0 Å². The number of nitrogens with one attached hydrogen (secondary N) is 1. The van der Waals surface area contributed by atoms with Gasteiger partial charge < -0.3 is 9.73 Å². The number of thiazole rings is 1. The molecule has 0 aliphatic heterocycles. The van der Waals surface area contributed by atoms with Crippen LogP contribution in [0.3, 0.4) is 0 Å². The molecule has 0 aliphatic rings. The van der Waals surface area contributed by atoms with Gasteiger partial charge in [-0.25, -0.2) is 0 Å². The molecule has 0 fully saturated rings. The van der Waals surface area contributed by atoms with Crippen molar-refractivity contribution in [1.29, 1.82) is 5.26 Å². The Morgan fingerprint density at radius 3 is 2.53 bits per heavy atom. The fourth-order valence-corrected chi connectivity index (χ4v) is 4.26. The number of furan rings is 1. The predicted octanol–water partition coefficient (Wildman–Crippen LogP) is 2.96. The number of rotatable bonds is 5. The first kappa shape index (κ1) is 21.4. The van der Waals surface area contributed by atoms with Gasteiger partial charge in [-0.1, -0.05) is 41.9 Å². The Bertz CT molecular complexity index is 1460. The number of halogens is 1. The van der Waals surface area contributed by atoms with Gasteiger partial charge in [0, 0.05) is 5.02 Å². The van der Waals surface area contributed by atoms with Crippen LogP contribution < -0.4 is 20.1 Å². The smallest absolute Gasteiger partial charge is 0.273 e. The lowest BCUT2D eigenvalue weighted by molar-refractivity contribution is -0.115. The fraction of sp³-hybridized carbons (Fsp3) is 0.0417. The van der Waals surface area contributed by atoms with Gasteiger partial charge in [-0.3, -0.25) is 14.2 Å². The third-order valence-electron chi connectivity index (χ3n) is 4.56. The highest BCUT2D eigenvalue weighted by atomic mass is 35.5. The fourth-order valence-electron chi connectivity index (χ4n) is 3.04. The number of para-hydroxylation sites is 1. The molecule has 32 heavy (non-hydrogen) atoms. The second-order valence-electron chi connectivity index (χ2n) is 6.69. The van der Waals surface area contributed by atoms with Gasteiger partial charge in [0.25, 0.3) is 11.5 Å². The highest BCUT2D eigenvalue weighted by molar-refractivity contribution is 7.07. The van der Waals surface area contributed by atoms with E-state index in [1.165, 1.54) is 10.8 Å². The molecule has 0 atom stereocenters. The summed E-state index contributed by atoms with van der Waals surface area (Å²) >= 11 is 7.03. The van der Waals surface area contributed by atoms with E-state index in [9.17, 15) is 14.9 Å². The van der Waals surface area contributed by atoms with Gasteiger partial charge in [0.05, 0.1) is 23.0 Å². The Balaban J connectivity index is 1.89. The number of nitrogens with zero attached hydrogens (tertiary/aromatic N) is 2. The van der Waals surface area contributed by atoms with Crippen LogP contribution in [0.15, 0.2) is 82.2 Å². The summed E-state index contributed by atoms with van der Waals surface area (Å²) in [5, 5.41) is 13.1. The summed E-state index contributed by atoms with van der Waals surface area (Å²) in [6, 6.07) is 21.3. The zero-order valence-electron chi connectivity index (χ0n) is 16.6. The van der Waals surface area contributed by atoms with E-state index < -0.39 is 5.91 Å². The average Bonchev–Trinajstić information content (AvgIpc) is 3.43. The lowest BCUT2D eigenvalue weighted by atomic mass is 10.2.